The highest BCUT2D eigenvalue weighted by atomic mass is 16.3. The first-order valence-corrected chi connectivity index (χ1v) is 30.7. The van der Waals surface area contributed by atoms with E-state index >= 15 is 0 Å². The van der Waals surface area contributed by atoms with E-state index in [0.29, 0.717) is 0 Å². The molecule has 0 amide bonds. The van der Waals surface area contributed by atoms with Crippen molar-refractivity contribution in [3.63, 3.8) is 0 Å². The summed E-state index contributed by atoms with van der Waals surface area (Å²) in [4.78, 5) is 7.79. The van der Waals surface area contributed by atoms with Crippen molar-refractivity contribution in [2.45, 2.75) is 149 Å². The molecule has 4 nitrogen and oxygen atoms in total. The Balaban J connectivity index is 1.13. The first-order chi connectivity index (χ1) is 39.8. The van der Waals surface area contributed by atoms with Crippen LogP contribution in [-0.2, 0) is 32.5 Å². The molecule has 0 spiro atoms. The number of fused-ring (bicyclic) bond motifs is 11. The topological polar surface area (TPSA) is 22.9 Å². The highest BCUT2D eigenvalue weighted by Crippen LogP contribution is 2.60. The van der Waals surface area contributed by atoms with Gasteiger partial charge in [-0.1, -0.05) is 207 Å². The summed E-state index contributed by atoms with van der Waals surface area (Å²) in [6.07, 6.45) is 2.27. The molecule has 0 saturated heterocycles. The molecule has 4 aliphatic rings. The zero-order chi connectivity index (χ0) is 58.8. The number of benzene rings is 9. The smallest absolute Gasteiger partial charge is 0.375 e. The van der Waals surface area contributed by atoms with Gasteiger partial charge < -0.3 is 19.0 Å². The maximum atomic E-state index is 7.65. The molecule has 3 heterocycles. The van der Waals surface area contributed by atoms with Crippen LogP contribution in [0.2, 0.25) is 0 Å². The van der Waals surface area contributed by atoms with Crippen LogP contribution in [-0.4, -0.2) is 6.85 Å². The van der Waals surface area contributed by atoms with E-state index in [0.717, 1.165) is 57.9 Å². The number of anilines is 8. The van der Waals surface area contributed by atoms with E-state index < -0.39 is 0 Å². The molecule has 84 heavy (non-hydrogen) atoms. The van der Waals surface area contributed by atoms with E-state index in [1.54, 1.807) is 0 Å². The molecule has 420 valence electrons. The van der Waals surface area contributed by atoms with Crippen molar-refractivity contribution >= 4 is 74.4 Å². The van der Waals surface area contributed by atoms with E-state index in [1.165, 1.54) is 94.8 Å². The molecule has 0 bridgehead atoms. The Morgan fingerprint density at radius 1 is 0.452 bits per heavy atom. The van der Waals surface area contributed by atoms with E-state index in [4.69, 9.17) is 4.42 Å². The second-order valence-electron chi connectivity index (χ2n) is 29.7. The molecule has 9 aromatic carbocycles. The molecule has 14 rings (SSSR count). The molecule has 0 atom stereocenters. The van der Waals surface area contributed by atoms with Crippen molar-refractivity contribution < 1.29 is 4.42 Å². The second kappa shape index (κ2) is 18.5. The normalized spacial score (nSPS) is 16.2. The van der Waals surface area contributed by atoms with Crippen LogP contribution in [0.5, 0.6) is 0 Å². The highest BCUT2D eigenvalue weighted by Gasteiger charge is 2.53. The lowest BCUT2D eigenvalue weighted by molar-refractivity contribution is 0.332. The van der Waals surface area contributed by atoms with Crippen molar-refractivity contribution in [1.82, 2.24) is 0 Å². The summed E-state index contributed by atoms with van der Waals surface area (Å²) in [6, 6.07) is 72.3. The standard InChI is InChI=1S/C79H80BN3O/c1-74(2,3)50-29-34-53(35-30-50)81(54-36-31-51(32-37-54)75(4,5)6)55-39-42-66-61(46-55)69-70-60(57-25-19-21-27-62(57)79(70,14)15)48-67-71(69)80(83(66)56-38-40-63-64(47-56)78(12,13)44-43-77(63,10)11)73-72(58-26-20-22-28-68(58)84-73)82(67)65-41-33-52(76(7,8)9)45-59(65)49-23-17-16-18-24-49/h16-42,45-48H,43-44H2,1-15H3. The molecule has 0 saturated carbocycles. The van der Waals surface area contributed by atoms with Crippen LogP contribution < -0.4 is 25.7 Å². The predicted octanol–water partition coefficient (Wildman–Crippen LogP) is 20.8. The Morgan fingerprint density at radius 3 is 1.68 bits per heavy atom. The third-order valence-electron chi connectivity index (χ3n) is 19.8. The van der Waals surface area contributed by atoms with Crippen molar-refractivity contribution in [2.24, 2.45) is 0 Å². The van der Waals surface area contributed by atoms with Crippen LogP contribution in [0, 0.1) is 0 Å². The Morgan fingerprint density at radius 2 is 1.02 bits per heavy atom. The first-order valence-electron chi connectivity index (χ1n) is 30.7. The van der Waals surface area contributed by atoms with Crippen LogP contribution in [0.4, 0.5) is 45.5 Å². The molecule has 0 fully saturated rings. The minimum absolute atomic E-state index is 0.00638. The Labute approximate surface area is 500 Å². The van der Waals surface area contributed by atoms with Crippen LogP contribution in [0.25, 0.3) is 44.3 Å². The number of nitrogens with zero attached hydrogens (tertiary/aromatic N) is 3. The van der Waals surface area contributed by atoms with Gasteiger partial charge in [-0.15, -0.1) is 0 Å². The van der Waals surface area contributed by atoms with Gasteiger partial charge in [-0.25, -0.2) is 0 Å². The maximum Gasteiger partial charge on any atom is 0.375 e. The van der Waals surface area contributed by atoms with Gasteiger partial charge in [0.05, 0.1) is 11.4 Å². The molecular formula is C79H80BN3O. The van der Waals surface area contributed by atoms with Gasteiger partial charge in [0.2, 0.25) is 0 Å². The lowest BCUT2D eigenvalue weighted by Gasteiger charge is -2.47. The van der Waals surface area contributed by atoms with Gasteiger partial charge in [0.1, 0.15) is 11.2 Å². The molecule has 0 radical (unpaired) electrons. The summed E-state index contributed by atoms with van der Waals surface area (Å²) < 4.78 is 7.65. The van der Waals surface area contributed by atoms with Crippen molar-refractivity contribution in [1.29, 1.82) is 0 Å². The van der Waals surface area contributed by atoms with Gasteiger partial charge in [0.15, 0.2) is 0 Å². The molecule has 1 aromatic heterocycles. The number of hydrogen-bond acceptors (Lipinski definition) is 4. The Bertz CT molecular complexity index is 4230. The zero-order valence-electron chi connectivity index (χ0n) is 52.1. The molecule has 10 aromatic rings. The fourth-order valence-electron chi connectivity index (χ4n) is 14.8. The van der Waals surface area contributed by atoms with Gasteiger partial charge in [-0.3, -0.25) is 0 Å². The summed E-state index contributed by atoms with van der Waals surface area (Å²) in [6.45, 7) is 35.2. The van der Waals surface area contributed by atoms with Crippen LogP contribution in [0.1, 0.15) is 156 Å². The third-order valence-corrected chi connectivity index (χ3v) is 19.8. The zero-order valence-corrected chi connectivity index (χ0v) is 52.1. The maximum absolute atomic E-state index is 7.65. The van der Waals surface area contributed by atoms with Gasteiger partial charge in [-0.2, -0.15) is 0 Å². The summed E-state index contributed by atoms with van der Waals surface area (Å²) in [5, 5.41) is 1.10. The average molecular weight is 1100 g/mol. The lowest BCUT2D eigenvalue weighted by atomic mass is 9.45. The second-order valence-corrected chi connectivity index (χ2v) is 29.7. The van der Waals surface area contributed by atoms with E-state index in [1.807, 2.05) is 0 Å². The minimum Gasteiger partial charge on any atom is -0.466 e. The van der Waals surface area contributed by atoms with Crippen LogP contribution >= 0.6 is 0 Å². The monoisotopic (exact) mass is 1100 g/mol. The highest BCUT2D eigenvalue weighted by molar-refractivity contribution is 6.93. The van der Waals surface area contributed by atoms with Crippen LogP contribution in [0.3, 0.4) is 0 Å². The molecule has 2 aliphatic heterocycles. The van der Waals surface area contributed by atoms with Crippen molar-refractivity contribution in [2.75, 3.05) is 14.6 Å². The number of furan rings is 1. The third kappa shape index (κ3) is 8.29. The molecule has 0 unspecified atom stereocenters. The Kier molecular flexibility index (Phi) is 11.9. The summed E-state index contributed by atoms with van der Waals surface area (Å²) >= 11 is 0. The van der Waals surface area contributed by atoms with Crippen molar-refractivity contribution in [3.8, 4) is 33.4 Å². The molecule has 2 aliphatic carbocycles. The largest absolute Gasteiger partial charge is 0.466 e. The molecule has 5 heteroatoms. The van der Waals surface area contributed by atoms with Gasteiger partial charge in [-0.05, 0) is 192 Å². The number of hydrogen-bond donors (Lipinski definition) is 0. The number of para-hydroxylation sites is 1. The first kappa shape index (κ1) is 54.0. The fourth-order valence-corrected chi connectivity index (χ4v) is 14.8. The molecule has 0 N–H and O–H groups in total. The minimum atomic E-state index is -0.356. The fraction of sp³-hybridized carbons (Fsp3) is 0.291. The summed E-state index contributed by atoms with van der Waals surface area (Å²) in [5.41, 5.74) is 28.7. The van der Waals surface area contributed by atoms with Crippen LogP contribution in [0.15, 0.2) is 192 Å². The quantitative estimate of drug-likeness (QED) is 0.155. The predicted molar refractivity (Wildman–Crippen MR) is 359 cm³/mol. The average Bonchev–Trinajstić information content (AvgIpc) is 1.33. The number of rotatable bonds is 6. The SMILES string of the molecule is CC(C)(C)c1ccc(N(c2ccc(C(C)(C)C)cc2)c2ccc3c(c2)-c2c4c(cc5c2C(C)(C)c2ccccc2-5)N(c2ccc(C(C)(C)C)cc2-c2ccccc2)c2c(oc5ccccc25)B4N3c2ccc3c(c2)C(C)(C)CCC3(C)C)cc1. The summed E-state index contributed by atoms with van der Waals surface area (Å²) in [7, 11) is 0. The summed E-state index contributed by atoms with van der Waals surface area (Å²) in [5.74, 6) is 0. The van der Waals surface area contributed by atoms with Crippen molar-refractivity contribution in [3.05, 3.63) is 227 Å². The Hall–Kier alpha value is -8.02. The van der Waals surface area contributed by atoms with Gasteiger partial charge in [0.25, 0.3) is 0 Å². The molecular weight excluding hydrogens is 1020 g/mol. The van der Waals surface area contributed by atoms with Gasteiger partial charge in [0, 0.05) is 56.1 Å². The van der Waals surface area contributed by atoms with E-state index in [2.05, 4.69) is 307 Å². The van der Waals surface area contributed by atoms with E-state index in [9.17, 15) is 0 Å². The van der Waals surface area contributed by atoms with Gasteiger partial charge >= 0.3 is 6.85 Å². The lowest BCUT2D eigenvalue weighted by Crippen LogP contribution is -2.61. The van der Waals surface area contributed by atoms with E-state index in [-0.39, 0.29) is 39.3 Å².